The average molecular weight is 368 g/mol. The van der Waals surface area contributed by atoms with Crippen LogP contribution in [-0.2, 0) is 0 Å². The van der Waals surface area contributed by atoms with Gasteiger partial charge < -0.3 is 5.73 Å². The molecule has 2 N–H and O–H groups in total. The van der Waals surface area contributed by atoms with Crippen LogP contribution in [0.1, 0.15) is 5.56 Å². The van der Waals surface area contributed by atoms with Gasteiger partial charge in [-0.05, 0) is 31.2 Å². The molecule has 0 bridgehead atoms. The van der Waals surface area contributed by atoms with Crippen molar-refractivity contribution < 1.29 is 0 Å². The molecule has 25 heavy (non-hydrogen) atoms. The monoisotopic (exact) mass is 367 g/mol. The smallest absolute Gasteiger partial charge is 0.165 e. The second-order valence-electron chi connectivity index (χ2n) is 5.62. The van der Waals surface area contributed by atoms with Gasteiger partial charge in [0.05, 0.1) is 11.4 Å². The molecule has 7 heteroatoms. The lowest BCUT2D eigenvalue weighted by Crippen LogP contribution is -2.02. The summed E-state index contributed by atoms with van der Waals surface area (Å²) in [7, 11) is 0. The summed E-state index contributed by atoms with van der Waals surface area (Å²) < 4.78 is 1.62. The molecule has 0 saturated carbocycles. The summed E-state index contributed by atoms with van der Waals surface area (Å²) >= 11 is 7.42. The fourth-order valence-corrected chi connectivity index (χ4v) is 3.40. The number of aromatic nitrogens is 4. The number of rotatable bonds is 3. The normalized spacial score (nSPS) is 11.0. The molecule has 0 saturated heterocycles. The van der Waals surface area contributed by atoms with Gasteiger partial charge in [-0.15, -0.1) is 16.4 Å². The maximum atomic E-state index is 6.26. The van der Waals surface area contributed by atoms with E-state index in [1.807, 2.05) is 60.8 Å². The Morgan fingerprint density at radius 1 is 1.04 bits per heavy atom. The molecule has 5 nitrogen and oxygen atoms in total. The predicted octanol–water partition coefficient (Wildman–Crippen LogP) is 4.60. The topological polar surface area (TPSA) is 69.6 Å². The SMILES string of the molecule is Cc1ccc(-n2nnc(-c3nc(-c4ccc(Cl)cc4)cs3)c2N)cc1. The molecule has 0 unspecified atom stereocenters. The van der Waals surface area contributed by atoms with E-state index in [0.717, 1.165) is 22.0 Å². The zero-order valence-corrected chi connectivity index (χ0v) is 14.9. The number of thiazole rings is 1. The summed E-state index contributed by atoms with van der Waals surface area (Å²) in [4.78, 5) is 4.64. The first-order chi connectivity index (χ1) is 12.1. The summed E-state index contributed by atoms with van der Waals surface area (Å²) in [5, 5.41) is 11.8. The number of nitrogen functional groups attached to an aromatic ring is 1. The number of nitrogens with zero attached hydrogens (tertiary/aromatic N) is 4. The first kappa shape index (κ1) is 15.8. The van der Waals surface area contributed by atoms with E-state index in [-0.39, 0.29) is 0 Å². The Morgan fingerprint density at radius 3 is 2.48 bits per heavy atom. The van der Waals surface area contributed by atoms with Crippen molar-refractivity contribution in [2.24, 2.45) is 0 Å². The second kappa shape index (κ2) is 6.31. The van der Waals surface area contributed by atoms with Gasteiger partial charge >= 0.3 is 0 Å². The molecule has 0 fully saturated rings. The third kappa shape index (κ3) is 3.01. The molecular formula is C18H14ClN5S. The zero-order valence-electron chi connectivity index (χ0n) is 13.3. The van der Waals surface area contributed by atoms with Crippen molar-refractivity contribution in [2.75, 3.05) is 5.73 Å². The van der Waals surface area contributed by atoms with Gasteiger partial charge in [-0.2, -0.15) is 4.68 Å². The molecule has 0 aliphatic carbocycles. The van der Waals surface area contributed by atoms with Crippen LogP contribution in [0.15, 0.2) is 53.9 Å². The Balaban J connectivity index is 1.69. The highest BCUT2D eigenvalue weighted by atomic mass is 35.5. The number of hydrogen-bond donors (Lipinski definition) is 1. The van der Waals surface area contributed by atoms with Gasteiger partial charge in [0.2, 0.25) is 0 Å². The van der Waals surface area contributed by atoms with Crippen LogP contribution in [0.3, 0.4) is 0 Å². The van der Waals surface area contributed by atoms with Gasteiger partial charge in [-0.1, -0.05) is 46.6 Å². The van der Waals surface area contributed by atoms with E-state index < -0.39 is 0 Å². The minimum Gasteiger partial charge on any atom is -0.382 e. The molecule has 0 aliphatic rings. The van der Waals surface area contributed by atoms with Crippen molar-refractivity contribution in [2.45, 2.75) is 6.92 Å². The van der Waals surface area contributed by atoms with Crippen LogP contribution >= 0.6 is 22.9 Å². The lowest BCUT2D eigenvalue weighted by Gasteiger charge is -2.03. The Labute approximate surface area is 153 Å². The summed E-state index contributed by atoms with van der Waals surface area (Å²) in [6.07, 6.45) is 0. The Bertz CT molecular complexity index is 1020. The molecule has 2 heterocycles. The minimum absolute atomic E-state index is 0.473. The van der Waals surface area contributed by atoms with Crippen molar-refractivity contribution >= 4 is 28.8 Å². The van der Waals surface area contributed by atoms with Gasteiger partial charge in [-0.3, -0.25) is 0 Å². The van der Waals surface area contributed by atoms with Gasteiger partial charge in [0.15, 0.2) is 11.5 Å². The third-order valence-corrected chi connectivity index (χ3v) is 4.93. The van der Waals surface area contributed by atoms with Crippen LogP contribution in [0.5, 0.6) is 0 Å². The lowest BCUT2D eigenvalue weighted by molar-refractivity contribution is 0.810. The Hall–Kier alpha value is -2.70. The number of halogens is 1. The minimum atomic E-state index is 0.473. The molecule has 0 aliphatic heterocycles. The molecule has 2 aromatic carbocycles. The number of hydrogen-bond acceptors (Lipinski definition) is 5. The van der Waals surface area contributed by atoms with E-state index in [4.69, 9.17) is 17.3 Å². The van der Waals surface area contributed by atoms with Crippen molar-refractivity contribution in [3.05, 3.63) is 64.5 Å². The summed E-state index contributed by atoms with van der Waals surface area (Å²) in [5.41, 5.74) is 10.8. The molecule has 0 amide bonds. The van der Waals surface area contributed by atoms with E-state index >= 15 is 0 Å². The highest BCUT2D eigenvalue weighted by Crippen LogP contribution is 2.31. The summed E-state index contributed by atoms with van der Waals surface area (Å²) in [6.45, 7) is 2.04. The molecule has 4 aromatic rings. The molecule has 0 atom stereocenters. The van der Waals surface area contributed by atoms with Crippen LogP contribution in [0.25, 0.3) is 27.6 Å². The maximum absolute atomic E-state index is 6.26. The van der Waals surface area contributed by atoms with E-state index in [0.29, 0.717) is 16.5 Å². The van der Waals surface area contributed by atoms with Gasteiger partial charge in [0.1, 0.15) is 5.01 Å². The first-order valence-electron chi connectivity index (χ1n) is 7.62. The van der Waals surface area contributed by atoms with Crippen molar-refractivity contribution in [1.29, 1.82) is 0 Å². The van der Waals surface area contributed by atoms with E-state index in [2.05, 4.69) is 15.3 Å². The average Bonchev–Trinajstić information content (AvgIpc) is 3.23. The van der Waals surface area contributed by atoms with Crippen LogP contribution < -0.4 is 5.73 Å². The molecule has 0 spiro atoms. The number of anilines is 1. The predicted molar refractivity (Wildman–Crippen MR) is 102 cm³/mol. The highest BCUT2D eigenvalue weighted by molar-refractivity contribution is 7.13. The van der Waals surface area contributed by atoms with Crippen LogP contribution in [0.2, 0.25) is 5.02 Å². The molecule has 4 rings (SSSR count). The Morgan fingerprint density at radius 2 is 1.76 bits per heavy atom. The highest BCUT2D eigenvalue weighted by Gasteiger charge is 2.16. The summed E-state index contributed by atoms with van der Waals surface area (Å²) in [5.74, 6) is 0.473. The first-order valence-corrected chi connectivity index (χ1v) is 8.87. The van der Waals surface area contributed by atoms with Gasteiger partial charge in [0, 0.05) is 16.0 Å². The van der Waals surface area contributed by atoms with E-state index in [1.165, 1.54) is 16.9 Å². The van der Waals surface area contributed by atoms with Crippen molar-refractivity contribution in [3.63, 3.8) is 0 Å². The molecule has 124 valence electrons. The molecular weight excluding hydrogens is 354 g/mol. The van der Waals surface area contributed by atoms with Gasteiger partial charge in [-0.25, -0.2) is 4.98 Å². The molecule has 0 radical (unpaired) electrons. The fraction of sp³-hybridized carbons (Fsp3) is 0.0556. The quantitative estimate of drug-likeness (QED) is 0.574. The maximum Gasteiger partial charge on any atom is 0.165 e. The fourth-order valence-electron chi connectivity index (χ4n) is 2.45. The molecule has 2 aromatic heterocycles. The number of nitrogens with two attached hydrogens (primary N) is 1. The number of benzene rings is 2. The second-order valence-corrected chi connectivity index (χ2v) is 6.91. The largest absolute Gasteiger partial charge is 0.382 e. The lowest BCUT2D eigenvalue weighted by atomic mass is 10.2. The van der Waals surface area contributed by atoms with E-state index in [1.54, 1.807) is 4.68 Å². The van der Waals surface area contributed by atoms with Crippen molar-refractivity contribution in [3.8, 4) is 27.6 Å². The van der Waals surface area contributed by atoms with Crippen LogP contribution in [-0.4, -0.2) is 20.0 Å². The van der Waals surface area contributed by atoms with Crippen LogP contribution in [0.4, 0.5) is 5.82 Å². The van der Waals surface area contributed by atoms with Crippen molar-refractivity contribution in [1.82, 2.24) is 20.0 Å². The Kier molecular flexibility index (Phi) is 3.99. The standard InChI is InChI=1S/C18H14ClN5S/c1-11-2-8-14(9-3-11)24-17(20)16(22-23-24)18-21-15(10-25-18)12-4-6-13(19)7-5-12/h2-10H,20H2,1H3. The summed E-state index contributed by atoms with van der Waals surface area (Å²) in [6, 6.07) is 15.5. The van der Waals surface area contributed by atoms with Crippen LogP contribution in [0, 0.1) is 6.92 Å². The van der Waals surface area contributed by atoms with E-state index in [9.17, 15) is 0 Å². The number of aryl methyl sites for hydroxylation is 1. The van der Waals surface area contributed by atoms with Gasteiger partial charge in [0.25, 0.3) is 0 Å². The zero-order chi connectivity index (χ0) is 17.4. The third-order valence-electron chi connectivity index (χ3n) is 3.83.